The number of amides is 1. The van der Waals surface area contributed by atoms with Crippen molar-refractivity contribution in [3.8, 4) is 11.3 Å². The summed E-state index contributed by atoms with van der Waals surface area (Å²) in [5.74, 6) is -0.376. The highest BCUT2D eigenvalue weighted by molar-refractivity contribution is 7.89. The molecule has 1 atom stereocenters. The summed E-state index contributed by atoms with van der Waals surface area (Å²) >= 11 is 0. The van der Waals surface area contributed by atoms with Crippen LogP contribution in [0.4, 0.5) is 5.69 Å². The number of hydrogen-bond donors (Lipinski definition) is 1. The highest BCUT2D eigenvalue weighted by Gasteiger charge is 2.25. The first-order chi connectivity index (χ1) is 16.5. The summed E-state index contributed by atoms with van der Waals surface area (Å²) in [5, 5.41) is 7.29. The molecule has 0 unspecified atom stereocenters. The number of sulfonamides is 1. The van der Waals surface area contributed by atoms with Crippen molar-refractivity contribution in [2.75, 3.05) is 18.4 Å². The first-order valence-electron chi connectivity index (χ1n) is 11.6. The Morgan fingerprint density at radius 3 is 2.37 bits per heavy atom. The van der Waals surface area contributed by atoms with E-state index < -0.39 is 21.6 Å². The van der Waals surface area contributed by atoms with Gasteiger partial charge in [-0.1, -0.05) is 38.1 Å². The van der Waals surface area contributed by atoms with Crippen LogP contribution in [0.3, 0.4) is 0 Å². The molecule has 1 heterocycles. The van der Waals surface area contributed by atoms with Crippen LogP contribution in [0.1, 0.15) is 43.5 Å². The average molecular weight is 497 g/mol. The maximum Gasteiger partial charge on any atom is 0.267 e. The SMILES string of the molecule is CCN(CC)S(=O)(=O)c1cc(-c2ccc(=O)n([C@@H](C)C(=O)Nc3cccc(C)c3C)n2)ccc1C. The first kappa shape index (κ1) is 26.3. The van der Waals surface area contributed by atoms with Crippen molar-refractivity contribution in [1.29, 1.82) is 0 Å². The van der Waals surface area contributed by atoms with Gasteiger partial charge in [-0.3, -0.25) is 9.59 Å². The minimum atomic E-state index is -3.68. The van der Waals surface area contributed by atoms with Crippen LogP contribution in [0.2, 0.25) is 0 Å². The van der Waals surface area contributed by atoms with Crippen LogP contribution >= 0.6 is 0 Å². The van der Waals surface area contributed by atoms with Crippen molar-refractivity contribution in [3.05, 3.63) is 75.6 Å². The summed E-state index contributed by atoms with van der Waals surface area (Å²) in [7, 11) is -3.68. The van der Waals surface area contributed by atoms with Gasteiger partial charge >= 0.3 is 0 Å². The Labute approximate surface area is 206 Å². The highest BCUT2D eigenvalue weighted by Crippen LogP contribution is 2.26. The zero-order chi connectivity index (χ0) is 25.9. The number of anilines is 1. The zero-order valence-corrected chi connectivity index (χ0v) is 21.8. The van der Waals surface area contributed by atoms with Gasteiger partial charge in [-0.25, -0.2) is 13.1 Å². The number of hydrogen-bond acceptors (Lipinski definition) is 5. The van der Waals surface area contributed by atoms with Gasteiger partial charge < -0.3 is 5.32 Å². The van der Waals surface area contributed by atoms with Gasteiger partial charge in [0.1, 0.15) is 6.04 Å². The van der Waals surface area contributed by atoms with E-state index in [4.69, 9.17) is 0 Å². The Hall–Kier alpha value is -3.30. The second kappa shape index (κ2) is 10.5. The minimum Gasteiger partial charge on any atom is -0.324 e. The molecule has 0 aliphatic heterocycles. The number of nitrogens with one attached hydrogen (secondary N) is 1. The van der Waals surface area contributed by atoms with E-state index in [1.54, 1.807) is 45.9 Å². The van der Waals surface area contributed by atoms with Crippen molar-refractivity contribution in [2.24, 2.45) is 0 Å². The number of aryl methyl sites for hydroxylation is 2. The molecule has 1 amide bonds. The Balaban J connectivity index is 1.98. The fraction of sp³-hybridized carbons (Fsp3) is 0.346. The van der Waals surface area contributed by atoms with E-state index in [9.17, 15) is 18.0 Å². The van der Waals surface area contributed by atoms with E-state index in [1.165, 1.54) is 16.4 Å². The summed E-state index contributed by atoms with van der Waals surface area (Å²) in [4.78, 5) is 25.7. The van der Waals surface area contributed by atoms with E-state index in [2.05, 4.69) is 10.4 Å². The molecule has 0 spiro atoms. The van der Waals surface area contributed by atoms with Crippen molar-refractivity contribution >= 4 is 21.6 Å². The van der Waals surface area contributed by atoms with Gasteiger partial charge in [0, 0.05) is 30.4 Å². The predicted octanol–water partition coefficient (Wildman–Crippen LogP) is 4.07. The number of carbonyl (C=O) groups excluding carboxylic acids is 1. The summed E-state index contributed by atoms with van der Waals surface area (Å²) in [6, 6.07) is 12.7. The first-order valence-corrected chi connectivity index (χ1v) is 13.0. The molecule has 0 saturated heterocycles. The topological polar surface area (TPSA) is 101 Å². The van der Waals surface area contributed by atoms with E-state index in [0.29, 0.717) is 35.6 Å². The summed E-state index contributed by atoms with van der Waals surface area (Å²) in [6.07, 6.45) is 0. The molecular formula is C26H32N4O4S. The van der Waals surface area contributed by atoms with Gasteiger partial charge in [0.2, 0.25) is 15.9 Å². The third-order valence-corrected chi connectivity index (χ3v) is 8.43. The summed E-state index contributed by atoms with van der Waals surface area (Å²) in [5.41, 5.74) is 3.79. The van der Waals surface area contributed by atoms with Crippen molar-refractivity contribution < 1.29 is 13.2 Å². The normalized spacial score (nSPS) is 12.5. The fourth-order valence-corrected chi connectivity index (χ4v) is 5.54. The van der Waals surface area contributed by atoms with Crippen molar-refractivity contribution in [3.63, 3.8) is 0 Å². The second-order valence-corrected chi connectivity index (χ2v) is 10.4. The largest absolute Gasteiger partial charge is 0.324 e. The number of carbonyl (C=O) groups is 1. The molecule has 0 fully saturated rings. The summed E-state index contributed by atoms with van der Waals surface area (Å²) < 4.78 is 28.8. The number of nitrogens with zero attached hydrogens (tertiary/aromatic N) is 3. The Morgan fingerprint density at radius 1 is 1.03 bits per heavy atom. The smallest absolute Gasteiger partial charge is 0.267 e. The standard InChI is InChI=1S/C26H32N4O4S/c1-7-29(8-2)35(33,34)24-16-21(13-12-18(24)4)23-14-15-25(31)30(28-23)20(6)26(32)27-22-11-9-10-17(3)19(22)5/h9-16,20H,7-8H2,1-6H3,(H,27,32)/t20-/m0/s1. The molecule has 0 aliphatic rings. The molecule has 186 valence electrons. The van der Waals surface area contributed by atoms with Gasteiger partial charge in [0.15, 0.2) is 0 Å². The molecule has 3 rings (SSSR count). The molecular weight excluding hydrogens is 464 g/mol. The van der Waals surface area contributed by atoms with Crippen molar-refractivity contribution in [2.45, 2.75) is 52.5 Å². The van der Waals surface area contributed by atoms with Crippen LogP contribution in [-0.2, 0) is 14.8 Å². The third-order valence-electron chi connectivity index (χ3n) is 6.24. The molecule has 0 bridgehead atoms. The van der Waals surface area contributed by atoms with Gasteiger partial charge in [-0.05, 0) is 62.6 Å². The quantitative estimate of drug-likeness (QED) is 0.507. The van der Waals surface area contributed by atoms with E-state index in [-0.39, 0.29) is 10.8 Å². The molecule has 3 aromatic rings. The van der Waals surface area contributed by atoms with Crippen LogP contribution in [0.25, 0.3) is 11.3 Å². The fourth-order valence-electron chi connectivity index (χ4n) is 3.83. The summed E-state index contributed by atoms with van der Waals surface area (Å²) in [6.45, 7) is 11.5. The second-order valence-electron chi connectivity index (χ2n) is 8.48. The number of benzene rings is 2. The van der Waals surface area contributed by atoms with Crippen LogP contribution < -0.4 is 10.9 Å². The Bertz CT molecular complexity index is 1410. The van der Waals surface area contributed by atoms with Gasteiger partial charge in [-0.15, -0.1) is 0 Å². The van der Waals surface area contributed by atoms with Gasteiger partial charge in [0.05, 0.1) is 10.6 Å². The Kier molecular flexibility index (Phi) is 7.92. The molecule has 1 aromatic heterocycles. The molecule has 8 nitrogen and oxygen atoms in total. The minimum absolute atomic E-state index is 0.193. The Morgan fingerprint density at radius 2 is 1.71 bits per heavy atom. The van der Waals surface area contributed by atoms with E-state index >= 15 is 0 Å². The lowest BCUT2D eigenvalue weighted by molar-refractivity contribution is -0.119. The monoisotopic (exact) mass is 496 g/mol. The number of rotatable bonds is 8. The van der Waals surface area contributed by atoms with Crippen LogP contribution in [0, 0.1) is 20.8 Å². The molecule has 9 heteroatoms. The van der Waals surface area contributed by atoms with Crippen LogP contribution in [0.5, 0.6) is 0 Å². The van der Waals surface area contributed by atoms with E-state index in [1.807, 2.05) is 32.0 Å². The van der Waals surface area contributed by atoms with Gasteiger partial charge in [0.25, 0.3) is 5.56 Å². The van der Waals surface area contributed by atoms with Gasteiger partial charge in [-0.2, -0.15) is 9.40 Å². The maximum absolute atomic E-state index is 13.1. The van der Waals surface area contributed by atoms with Crippen LogP contribution in [0.15, 0.2) is 58.2 Å². The molecule has 0 saturated carbocycles. The lowest BCUT2D eigenvalue weighted by atomic mass is 10.1. The lowest BCUT2D eigenvalue weighted by Crippen LogP contribution is -2.33. The third kappa shape index (κ3) is 5.36. The maximum atomic E-state index is 13.1. The number of aromatic nitrogens is 2. The van der Waals surface area contributed by atoms with Crippen molar-refractivity contribution in [1.82, 2.24) is 14.1 Å². The molecule has 1 N–H and O–H groups in total. The zero-order valence-electron chi connectivity index (χ0n) is 21.0. The average Bonchev–Trinajstić information content (AvgIpc) is 2.82. The molecule has 2 aromatic carbocycles. The van der Waals surface area contributed by atoms with Crippen LogP contribution in [-0.4, -0.2) is 41.5 Å². The lowest BCUT2D eigenvalue weighted by Gasteiger charge is -2.20. The van der Waals surface area contributed by atoms with E-state index in [0.717, 1.165) is 15.8 Å². The molecule has 0 radical (unpaired) electrons. The highest BCUT2D eigenvalue weighted by atomic mass is 32.2. The molecule has 0 aliphatic carbocycles. The predicted molar refractivity (Wildman–Crippen MR) is 138 cm³/mol. The molecule has 35 heavy (non-hydrogen) atoms.